The Kier molecular flexibility index (Phi) is 7.15. The van der Waals surface area contributed by atoms with Gasteiger partial charge in [0.2, 0.25) is 5.91 Å². The molecule has 3 N–H and O–H groups in total. The van der Waals surface area contributed by atoms with Crippen LogP contribution in [0.4, 0.5) is 4.79 Å². The lowest BCUT2D eigenvalue weighted by Crippen LogP contribution is -2.54. The zero-order chi connectivity index (χ0) is 25.2. The zero-order valence-electron chi connectivity index (χ0n) is 20.5. The van der Waals surface area contributed by atoms with Crippen molar-refractivity contribution in [3.05, 3.63) is 59.7 Å². The maximum Gasteiger partial charge on any atom is 0.407 e. The van der Waals surface area contributed by atoms with Crippen LogP contribution in [-0.2, 0) is 14.3 Å². The van der Waals surface area contributed by atoms with E-state index in [4.69, 9.17) is 9.84 Å². The van der Waals surface area contributed by atoms with Gasteiger partial charge in [0, 0.05) is 12.5 Å². The van der Waals surface area contributed by atoms with E-state index >= 15 is 0 Å². The standard InChI is InChI=1S/C28H34N2O5/c1-28(2,3)25(26(33)29-15-18(14-24(31)32)17-12-13-17)30-27(34)35-16-23-21-10-6-4-8-19(21)20-9-5-7-11-22(20)23/h4-11,17-18,23,25H,12-16H2,1-3H3,(H,29,33)(H,30,34)(H,31,32). The zero-order valence-corrected chi connectivity index (χ0v) is 20.5. The quantitative estimate of drug-likeness (QED) is 0.490. The molecule has 186 valence electrons. The highest BCUT2D eigenvalue weighted by atomic mass is 16.5. The molecule has 1 fully saturated rings. The minimum atomic E-state index is -0.861. The monoisotopic (exact) mass is 478 g/mol. The van der Waals surface area contributed by atoms with Crippen molar-refractivity contribution < 1.29 is 24.2 Å². The molecule has 2 aromatic carbocycles. The Labute approximate surface area is 206 Å². The Morgan fingerprint density at radius 3 is 2.09 bits per heavy atom. The number of carbonyl (C=O) groups is 3. The van der Waals surface area contributed by atoms with Gasteiger partial charge in [-0.3, -0.25) is 9.59 Å². The number of amides is 2. The average Bonchev–Trinajstić information content (AvgIpc) is 3.60. The van der Waals surface area contributed by atoms with Crippen LogP contribution in [0.2, 0.25) is 0 Å². The molecule has 0 aromatic heterocycles. The molecular weight excluding hydrogens is 444 g/mol. The number of aliphatic carboxylic acids is 1. The van der Waals surface area contributed by atoms with Crippen molar-refractivity contribution in [2.75, 3.05) is 13.2 Å². The van der Waals surface area contributed by atoms with Crippen molar-refractivity contribution in [3.63, 3.8) is 0 Å². The largest absolute Gasteiger partial charge is 0.481 e. The predicted molar refractivity (Wildman–Crippen MR) is 133 cm³/mol. The molecule has 2 aliphatic carbocycles. The number of carboxylic acids is 1. The second-order valence-corrected chi connectivity index (χ2v) is 10.7. The van der Waals surface area contributed by atoms with Crippen molar-refractivity contribution in [1.29, 1.82) is 0 Å². The number of hydrogen-bond donors (Lipinski definition) is 3. The maximum atomic E-state index is 13.0. The van der Waals surface area contributed by atoms with E-state index in [1.165, 1.54) is 0 Å². The average molecular weight is 479 g/mol. The van der Waals surface area contributed by atoms with Crippen LogP contribution in [0.1, 0.15) is 57.1 Å². The summed E-state index contributed by atoms with van der Waals surface area (Å²) in [4.78, 5) is 37.0. The molecule has 0 bridgehead atoms. The van der Waals surface area contributed by atoms with Crippen LogP contribution >= 0.6 is 0 Å². The summed E-state index contributed by atoms with van der Waals surface area (Å²) in [6.07, 6.45) is 1.37. The number of rotatable bonds is 9. The second-order valence-electron chi connectivity index (χ2n) is 10.7. The molecular formula is C28H34N2O5. The number of hydrogen-bond acceptors (Lipinski definition) is 4. The van der Waals surface area contributed by atoms with Crippen molar-refractivity contribution in [2.24, 2.45) is 17.3 Å². The third-order valence-corrected chi connectivity index (χ3v) is 7.00. The van der Waals surface area contributed by atoms with Crippen molar-refractivity contribution in [1.82, 2.24) is 10.6 Å². The predicted octanol–water partition coefficient (Wildman–Crippen LogP) is 4.56. The van der Waals surface area contributed by atoms with E-state index in [0.717, 1.165) is 35.1 Å². The summed E-state index contributed by atoms with van der Waals surface area (Å²) in [6, 6.07) is 15.4. The Morgan fingerprint density at radius 2 is 1.57 bits per heavy atom. The van der Waals surface area contributed by atoms with Gasteiger partial charge in [0.25, 0.3) is 0 Å². The Morgan fingerprint density at radius 1 is 1.00 bits per heavy atom. The molecule has 1 saturated carbocycles. The number of benzene rings is 2. The highest BCUT2D eigenvalue weighted by molar-refractivity contribution is 5.86. The second kappa shape index (κ2) is 10.1. The van der Waals surface area contributed by atoms with Gasteiger partial charge in [-0.25, -0.2) is 4.79 Å². The number of carbonyl (C=O) groups excluding carboxylic acids is 2. The van der Waals surface area contributed by atoms with Gasteiger partial charge in [-0.15, -0.1) is 0 Å². The molecule has 0 heterocycles. The summed E-state index contributed by atoms with van der Waals surface area (Å²) < 4.78 is 5.63. The molecule has 0 aliphatic heterocycles. The summed E-state index contributed by atoms with van der Waals surface area (Å²) in [7, 11) is 0. The Balaban J connectivity index is 1.38. The van der Waals surface area contributed by atoms with Crippen LogP contribution in [0.5, 0.6) is 0 Å². The van der Waals surface area contributed by atoms with E-state index in [1.54, 1.807) is 0 Å². The molecule has 2 aliphatic rings. The van der Waals surface area contributed by atoms with E-state index in [2.05, 4.69) is 34.9 Å². The van der Waals surface area contributed by atoms with Gasteiger partial charge in [-0.05, 0) is 52.3 Å². The normalized spacial score (nSPS) is 16.5. The van der Waals surface area contributed by atoms with Gasteiger partial charge in [0.15, 0.2) is 0 Å². The molecule has 4 rings (SSSR count). The maximum absolute atomic E-state index is 13.0. The smallest absolute Gasteiger partial charge is 0.407 e. The van der Waals surface area contributed by atoms with E-state index < -0.39 is 23.5 Å². The highest BCUT2D eigenvalue weighted by Gasteiger charge is 2.37. The molecule has 2 unspecified atom stereocenters. The number of fused-ring (bicyclic) bond motifs is 3. The van der Waals surface area contributed by atoms with Crippen LogP contribution in [0, 0.1) is 17.3 Å². The number of alkyl carbamates (subject to hydrolysis) is 1. The minimum absolute atomic E-state index is 0.0327. The first kappa shape index (κ1) is 24.8. The van der Waals surface area contributed by atoms with E-state index in [9.17, 15) is 14.4 Å². The summed E-state index contributed by atoms with van der Waals surface area (Å²) in [5, 5.41) is 14.8. The Bertz CT molecular complexity index is 1060. The molecule has 7 nitrogen and oxygen atoms in total. The van der Waals surface area contributed by atoms with Crippen LogP contribution in [0.3, 0.4) is 0 Å². The van der Waals surface area contributed by atoms with Crippen molar-refractivity contribution >= 4 is 18.0 Å². The number of carboxylic acid groups (broad SMARTS) is 1. The van der Waals surface area contributed by atoms with Crippen LogP contribution in [0.25, 0.3) is 11.1 Å². The van der Waals surface area contributed by atoms with Gasteiger partial charge in [-0.1, -0.05) is 69.3 Å². The molecule has 35 heavy (non-hydrogen) atoms. The van der Waals surface area contributed by atoms with E-state index in [1.807, 2.05) is 45.0 Å². The fraction of sp³-hybridized carbons (Fsp3) is 0.464. The summed E-state index contributed by atoms with van der Waals surface area (Å²) in [5.74, 6) is -1.01. The lowest BCUT2D eigenvalue weighted by Gasteiger charge is -2.30. The van der Waals surface area contributed by atoms with Gasteiger partial charge < -0.3 is 20.5 Å². The first-order valence-corrected chi connectivity index (χ1v) is 12.3. The van der Waals surface area contributed by atoms with Crippen LogP contribution < -0.4 is 10.6 Å². The van der Waals surface area contributed by atoms with Crippen LogP contribution in [-0.4, -0.2) is 42.3 Å². The molecule has 2 atom stereocenters. The van der Waals surface area contributed by atoms with Crippen molar-refractivity contribution in [2.45, 2.75) is 52.0 Å². The number of nitrogens with one attached hydrogen (secondary N) is 2. The van der Waals surface area contributed by atoms with Gasteiger partial charge >= 0.3 is 12.1 Å². The lowest BCUT2D eigenvalue weighted by molar-refractivity contribution is -0.138. The third kappa shape index (κ3) is 5.84. The van der Waals surface area contributed by atoms with E-state index in [-0.39, 0.29) is 37.3 Å². The highest BCUT2D eigenvalue weighted by Crippen LogP contribution is 2.44. The summed E-state index contributed by atoms with van der Waals surface area (Å²) in [5.41, 5.74) is 3.98. The van der Waals surface area contributed by atoms with Gasteiger partial charge in [-0.2, -0.15) is 0 Å². The SMILES string of the molecule is CC(C)(C)C(NC(=O)OCC1c2ccccc2-c2ccccc21)C(=O)NCC(CC(=O)O)C1CC1. The summed E-state index contributed by atoms with van der Waals surface area (Å²) in [6.45, 7) is 6.07. The molecule has 0 radical (unpaired) electrons. The van der Waals surface area contributed by atoms with Gasteiger partial charge in [0.1, 0.15) is 12.6 Å². The molecule has 2 aromatic rings. The summed E-state index contributed by atoms with van der Waals surface area (Å²) >= 11 is 0. The Hall–Kier alpha value is -3.35. The minimum Gasteiger partial charge on any atom is -0.481 e. The van der Waals surface area contributed by atoms with E-state index in [0.29, 0.717) is 5.92 Å². The fourth-order valence-corrected chi connectivity index (χ4v) is 4.96. The molecule has 0 spiro atoms. The molecule has 0 saturated heterocycles. The first-order valence-electron chi connectivity index (χ1n) is 12.3. The molecule has 2 amide bonds. The topological polar surface area (TPSA) is 105 Å². The van der Waals surface area contributed by atoms with Gasteiger partial charge in [0.05, 0.1) is 6.42 Å². The molecule has 7 heteroatoms. The fourth-order valence-electron chi connectivity index (χ4n) is 4.96. The lowest BCUT2D eigenvalue weighted by atomic mass is 9.86. The van der Waals surface area contributed by atoms with Crippen LogP contribution in [0.15, 0.2) is 48.5 Å². The third-order valence-electron chi connectivity index (χ3n) is 7.00. The first-order chi connectivity index (χ1) is 16.6. The van der Waals surface area contributed by atoms with Crippen molar-refractivity contribution in [3.8, 4) is 11.1 Å². The number of ether oxygens (including phenoxy) is 1.